The maximum atomic E-state index is 14.3. The third-order valence-corrected chi connectivity index (χ3v) is 11.8. The molecule has 1 saturated heterocycles. The molecule has 1 aromatic carbocycles. The molecule has 0 radical (unpaired) electrons. The molecule has 2 fully saturated rings. The third-order valence-electron chi connectivity index (χ3n) is 9.26. The summed E-state index contributed by atoms with van der Waals surface area (Å²) >= 11 is 1.17. The number of carbonyl (C=O) groups is 1. The fraction of sp³-hybridized carbons (Fsp3) is 0.484. The van der Waals surface area contributed by atoms with Crippen molar-refractivity contribution in [3.8, 4) is 16.5 Å². The van der Waals surface area contributed by atoms with E-state index in [0.29, 0.717) is 52.5 Å². The average molecular weight is 673 g/mol. The second-order valence-electron chi connectivity index (χ2n) is 12.5. The van der Waals surface area contributed by atoms with Crippen molar-refractivity contribution in [2.45, 2.75) is 57.9 Å². The van der Waals surface area contributed by atoms with E-state index in [-0.39, 0.29) is 35.8 Å². The number of nitrogens with zero attached hydrogens (tertiary/aromatic N) is 4. The molecule has 0 amide bonds. The lowest BCUT2D eigenvalue weighted by atomic mass is 10.0. The number of para-hydroxylation sites is 1. The fourth-order valence-electron chi connectivity index (χ4n) is 6.76. The van der Waals surface area contributed by atoms with E-state index in [2.05, 4.69) is 4.98 Å². The molecule has 0 unspecified atom stereocenters. The van der Waals surface area contributed by atoms with Gasteiger partial charge in [0.15, 0.2) is 0 Å². The zero-order valence-corrected chi connectivity index (χ0v) is 27.8. The Labute approximate surface area is 269 Å². The molecule has 46 heavy (non-hydrogen) atoms. The largest absolute Gasteiger partial charge is 0.496 e. The van der Waals surface area contributed by atoms with E-state index in [4.69, 9.17) is 13.9 Å². The number of hydrogen-bond acceptors (Lipinski definition) is 10. The van der Waals surface area contributed by atoms with Crippen LogP contribution in [-0.4, -0.2) is 70.5 Å². The Balaban J connectivity index is 1.48. The zero-order valence-electron chi connectivity index (χ0n) is 26.1. The minimum absolute atomic E-state index is 0.0576. The molecule has 4 aromatic rings. The Bertz CT molecular complexity index is 2010. The van der Waals surface area contributed by atoms with Crippen LogP contribution in [0.1, 0.15) is 43.9 Å². The standard InChI is InChI=1S/C31H36N4O9S2/c1-17-24-27(36)35(31(2,3)29(37)38)30(39)34(28(24)45-25(17)26-32-10-11-43-26)16-23(21-8-6-7-9-22(21)42-4)44-20-12-18-14-33(46(5,40)41)15-19(18)13-20/h6-11,18-20,23H,12-16H2,1-5H3,(H,37,38)/t18-,19-,23-/m1/s1. The van der Waals surface area contributed by atoms with Crippen LogP contribution in [0.15, 0.2) is 50.7 Å². The molecule has 1 saturated carbocycles. The lowest BCUT2D eigenvalue weighted by molar-refractivity contribution is -0.146. The molecule has 3 atom stereocenters. The molecule has 1 N–H and O–H groups in total. The highest BCUT2D eigenvalue weighted by Gasteiger charge is 2.45. The van der Waals surface area contributed by atoms with Crippen molar-refractivity contribution >= 4 is 37.5 Å². The summed E-state index contributed by atoms with van der Waals surface area (Å²) < 4.78 is 46.0. The molecule has 4 heterocycles. The van der Waals surface area contributed by atoms with Crippen LogP contribution < -0.4 is 16.0 Å². The smallest absolute Gasteiger partial charge is 0.333 e. The number of thiophene rings is 1. The third kappa shape index (κ3) is 5.48. The highest BCUT2D eigenvalue weighted by atomic mass is 32.2. The number of hydrogen-bond donors (Lipinski definition) is 1. The monoisotopic (exact) mass is 672 g/mol. The number of carboxylic acid groups (broad SMARTS) is 1. The molecule has 1 aliphatic heterocycles. The van der Waals surface area contributed by atoms with Gasteiger partial charge in [-0.25, -0.2) is 31.9 Å². The summed E-state index contributed by atoms with van der Waals surface area (Å²) in [5.74, 6) is -0.223. The number of aliphatic carboxylic acids is 1. The number of sulfonamides is 1. The first-order valence-electron chi connectivity index (χ1n) is 14.9. The van der Waals surface area contributed by atoms with E-state index in [1.54, 1.807) is 20.1 Å². The van der Waals surface area contributed by atoms with Crippen LogP contribution in [0.4, 0.5) is 0 Å². The van der Waals surface area contributed by atoms with Gasteiger partial charge in [0.1, 0.15) is 28.5 Å². The van der Waals surface area contributed by atoms with Gasteiger partial charge in [-0.05, 0) is 57.1 Å². The number of aryl methyl sites for hydroxylation is 1. The van der Waals surface area contributed by atoms with Gasteiger partial charge in [0.2, 0.25) is 15.9 Å². The van der Waals surface area contributed by atoms with Crippen LogP contribution in [-0.2, 0) is 31.6 Å². The van der Waals surface area contributed by atoms with Gasteiger partial charge in [0, 0.05) is 18.7 Å². The molecule has 0 spiro atoms. The molecule has 15 heteroatoms. The van der Waals surface area contributed by atoms with Gasteiger partial charge < -0.3 is 19.0 Å². The minimum Gasteiger partial charge on any atom is -0.496 e. The topological polar surface area (TPSA) is 163 Å². The van der Waals surface area contributed by atoms with Gasteiger partial charge in [-0.1, -0.05) is 18.2 Å². The second-order valence-corrected chi connectivity index (χ2v) is 15.5. The number of rotatable bonds is 10. The van der Waals surface area contributed by atoms with Crippen molar-refractivity contribution in [2.75, 3.05) is 26.5 Å². The average Bonchev–Trinajstić information content (AvgIpc) is 3.78. The summed E-state index contributed by atoms with van der Waals surface area (Å²) in [5, 5.41) is 10.3. The number of ether oxygens (including phenoxy) is 2. The summed E-state index contributed by atoms with van der Waals surface area (Å²) in [5.41, 5.74) is -2.18. The first kappa shape index (κ1) is 32.2. The SMILES string of the molecule is COc1ccccc1[C@@H](Cn1c(=O)n(C(C)(C)C(=O)O)c(=O)c2c(C)c(-c3ncco3)sc21)OC1C[C@@H]2CN(S(C)(=O)=O)C[C@H]2C1. The lowest BCUT2D eigenvalue weighted by Gasteiger charge is -2.28. The Morgan fingerprint density at radius 2 is 1.87 bits per heavy atom. The minimum atomic E-state index is -3.29. The Morgan fingerprint density at radius 3 is 2.46 bits per heavy atom. The number of carboxylic acids is 1. The first-order chi connectivity index (χ1) is 21.7. The van der Waals surface area contributed by atoms with E-state index in [0.717, 1.165) is 4.57 Å². The normalized spacial score (nSPS) is 19.9. The highest BCUT2D eigenvalue weighted by molar-refractivity contribution is 7.88. The second kappa shape index (κ2) is 11.8. The Kier molecular flexibility index (Phi) is 8.24. The van der Waals surface area contributed by atoms with Gasteiger partial charge >= 0.3 is 11.7 Å². The Morgan fingerprint density at radius 1 is 1.20 bits per heavy atom. The van der Waals surface area contributed by atoms with Crippen LogP contribution in [0, 0.1) is 18.8 Å². The van der Waals surface area contributed by atoms with E-state index >= 15 is 0 Å². The van der Waals surface area contributed by atoms with Crippen molar-refractivity contribution in [3.05, 3.63) is 68.7 Å². The molecular formula is C31H36N4O9S2. The summed E-state index contributed by atoms with van der Waals surface area (Å²) in [6, 6.07) is 7.30. The summed E-state index contributed by atoms with van der Waals surface area (Å²) in [7, 11) is -1.75. The van der Waals surface area contributed by atoms with E-state index < -0.39 is 38.9 Å². The quantitative estimate of drug-likeness (QED) is 0.264. The molecule has 246 valence electrons. The number of methoxy groups -OCH3 is 1. The number of benzene rings is 1. The number of oxazole rings is 1. The zero-order chi connectivity index (χ0) is 33.1. The lowest BCUT2D eigenvalue weighted by Crippen LogP contribution is -2.52. The van der Waals surface area contributed by atoms with Crippen LogP contribution in [0.5, 0.6) is 5.75 Å². The van der Waals surface area contributed by atoms with Crippen molar-refractivity contribution < 1.29 is 32.2 Å². The highest BCUT2D eigenvalue weighted by Crippen LogP contribution is 2.43. The number of aromatic nitrogens is 3. The molecule has 2 aliphatic rings. The molecule has 1 aliphatic carbocycles. The van der Waals surface area contributed by atoms with Gasteiger partial charge in [0.05, 0.1) is 42.5 Å². The fourth-order valence-corrected chi connectivity index (χ4v) is 8.93. The van der Waals surface area contributed by atoms with Crippen molar-refractivity contribution in [3.63, 3.8) is 0 Å². The summed E-state index contributed by atoms with van der Waals surface area (Å²) in [4.78, 5) is 45.7. The number of fused-ring (bicyclic) bond motifs is 2. The maximum absolute atomic E-state index is 14.3. The van der Waals surface area contributed by atoms with Crippen LogP contribution in [0.25, 0.3) is 21.0 Å². The Hall–Kier alpha value is -3.79. The summed E-state index contributed by atoms with van der Waals surface area (Å²) in [6.07, 6.45) is 4.44. The molecule has 13 nitrogen and oxygen atoms in total. The molecule has 3 aromatic heterocycles. The van der Waals surface area contributed by atoms with Crippen LogP contribution >= 0.6 is 11.3 Å². The van der Waals surface area contributed by atoms with Crippen molar-refractivity contribution in [1.82, 2.24) is 18.4 Å². The molecular weight excluding hydrogens is 636 g/mol. The van der Waals surface area contributed by atoms with E-state index in [1.165, 1.54) is 52.8 Å². The first-order valence-corrected chi connectivity index (χ1v) is 17.5. The maximum Gasteiger partial charge on any atom is 0.333 e. The van der Waals surface area contributed by atoms with Crippen LogP contribution in [0.3, 0.4) is 0 Å². The summed E-state index contributed by atoms with van der Waals surface area (Å²) in [6.45, 7) is 5.18. The van der Waals surface area contributed by atoms with Crippen molar-refractivity contribution in [2.24, 2.45) is 11.8 Å². The van der Waals surface area contributed by atoms with Gasteiger partial charge in [-0.15, -0.1) is 11.3 Å². The van der Waals surface area contributed by atoms with Gasteiger partial charge in [-0.3, -0.25) is 9.36 Å². The molecule has 6 rings (SSSR count). The van der Waals surface area contributed by atoms with Gasteiger partial charge in [-0.2, -0.15) is 0 Å². The van der Waals surface area contributed by atoms with Gasteiger partial charge in [0.25, 0.3) is 5.56 Å². The molecule has 0 bridgehead atoms. The van der Waals surface area contributed by atoms with Crippen molar-refractivity contribution in [1.29, 1.82) is 0 Å². The van der Waals surface area contributed by atoms with E-state index in [1.807, 2.05) is 18.2 Å². The van der Waals surface area contributed by atoms with Crippen LogP contribution in [0.2, 0.25) is 0 Å². The van der Waals surface area contributed by atoms with E-state index in [9.17, 15) is 27.9 Å². The predicted octanol–water partition coefficient (Wildman–Crippen LogP) is 3.44. The predicted molar refractivity (Wildman–Crippen MR) is 171 cm³/mol.